The van der Waals surface area contributed by atoms with E-state index < -0.39 is 0 Å². The van der Waals surface area contributed by atoms with Crippen LogP contribution in [-0.2, 0) is 6.54 Å². The molecule has 0 amide bonds. The first-order chi connectivity index (χ1) is 10.2. The molecule has 1 fully saturated rings. The number of hydrogen-bond acceptors (Lipinski definition) is 3. The summed E-state index contributed by atoms with van der Waals surface area (Å²) in [6, 6.07) is 8.64. The molecule has 0 unspecified atom stereocenters. The maximum Gasteiger partial charge on any atom is 0.119 e. The molecule has 2 rings (SSSR count). The van der Waals surface area contributed by atoms with E-state index >= 15 is 0 Å². The zero-order valence-corrected chi connectivity index (χ0v) is 13.8. The second-order valence-electron chi connectivity index (χ2n) is 6.45. The van der Waals surface area contributed by atoms with Crippen molar-refractivity contribution in [2.75, 3.05) is 40.3 Å². The number of nitrogens with zero attached hydrogens (tertiary/aromatic N) is 2. The molecule has 0 aromatic heterocycles. The Morgan fingerprint density at radius 2 is 2.00 bits per heavy atom. The van der Waals surface area contributed by atoms with Gasteiger partial charge in [0.15, 0.2) is 0 Å². The highest BCUT2D eigenvalue weighted by Gasteiger charge is 2.20. The molecule has 1 aromatic rings. The quantitative estimate of drug-likeness (QED) is 0.684. The first-order valence-electron chi connectivity index (χ1n) is 8.26. The van der Waals surface area contributed by atoms with Gasteiger partial charge in [0.1, 0.15) is 5.75 Å². The SMILES string of the molecule is CC[C@@H]1CCN(Cc2ccc(OCCCN(C)C)cc2)C1. The van der Waals surface area contributed by atoms with Crippen LogP contribution in [0, 0.1) is 5.92 Å². The largest absolute Gasteiger partial charge is 0.494 e. The molecule has 0 spiro atoms. The highest BCUT2D eigenvalue weighted by Crippen LogP contribution is 2.21. The lowest BCUT2D eigenvalue weighted by Gasteiger charge is -2.16. The molecule has 1 heterocycles. The zero-order chi connectivity index (χ0) is 15.1. The summed E-state index contributed by atoms with van der Waals surface area (Å²) in [7, 11) is 4.19. The van der Waals surface area contributed by atoms with E-state index in [4.69, 9.17) is 4.74 Å². The maximum atomic E-state index is 5.78. The molecule has 3 heteroatoms. The summed E-state index contributed by atoms with van der Waals surface area (Å²) in [5, 5.41) is 0. The van der Waals surface area contributed by atoms with Crippen molar-refractivity contribution in [2.24, 2.45) is 5.92 Å². The number of benzene rings is 1. The summed E-state index contributed by atoms with van der Waals surface area (Å²) in [4.78, 5) is 4.76. The minimum absolute atomic E-state index is 0.793. The second kappa shape index (κ2) is 8.40. The highest BCUT2D eigenvalue weighted by molar-refractivity contribution is 5.27. The molecule has 0 radical (unpaired) electrons. The van der Waals surface area contributed by atoms with Crippen LogP contribution in [0.1, 0.15) is 31.7 Å². The molecule has 3 nitrogen and oxygen atoms in total. The lowest BCUT2D eigenvalue weighted by atomic mass is 10.1. The molecule has 1 saturated heterocycles. The monoisotopic (exact) mass is 290 g/mol. The van der Waals surface area contributed by atoms with Crippen molar-refractivity contribution >= 4 is 0 Å². The van der Waals surface area contributed by atoms with Crippen LogP contribution in [0.2, 0.25) is 0 Å². The van der Waals surface area contributed by atoms with Crippen LogP contribution < -0.4 is 4.74 Å². The normalized spacial score (nSPS) is 19.3. The summed E-state index contributed by atoms with van der Waals surface area (Å²) < 4.78 is 5.78. The minimum atomic E-state index is 0.793. The van der Waals surface area contributed by atoms with Gasteiger partial charge in [0.05, 0.1) is 6.61 Å². The van der Waals surface area contributed by atoms with Crippen molar-refractivity contribution in [2.45, 2.75) is 32.7 Å². The summed E-state index contributed by atoms with van der Waals surface area (Å²) in [5.74, 6) is 1.90. The molecule has 0 aliphatic carbocycles. The number of likely N-dealkylation sites (tertiary alicyclic amines) is 1. The fraction of sp³-hybridized carbons (Fsp3) is 0.667. The summed E-state index contributed by atoms with van der Waals surface area (Å²) >= 11 is 0. The molecule has 0 N–H and O–H groups in total. The van der Waals surface area contributed by atoms with Gasteiger partial charge in [-0.1, -0.05) is 25.5 Å². The van der Waals surface area contributed by atoms with E-state index in [1.54, 1.807) is 0 Å². The van der Waals surface area contributed by atoms with Gasteiger partial charge in [0.25, 0.3) is 0 Å². The molecule has 118 valence electrons. The first kappa shape index (κ1) is 16.3. The Hall–Kier alpha value is -1.06. The molecule has 1 aromatic carbocycles. The van der Waals surface area contributed by atoms with Crippen molar-refractivity contribution < 1.29 is 4.74 Å². The van der Waals surface area contributed by atoms with Gasteiger partial charge in [-0.2, -0.15) is 0 Å². The van der Waals surface area contributed by atoms with Crippen LogP contribution in [-0.4, -0.2) is 50.1 Å². The minimum Gasteiger partial charge on any atom is -0.494 e. The fourth-order valence-corrected chi connectivity index (χ4v) is 2.91. The van der Waals surface area contributed by atoms with Gasteiger partial charge in [-0.25, -0.2) is 0 Å². The van der Waals surface area contributed by atoms with Crippen LogP contribution in [0.25, 0.3) is 0 Å². The van der Waals surface area contributed by atoms with Crippen LogP contribution in [0.15, 0.2) is 24.3 Å². The molecule has 1 atom stereocenters. The molecule has 21 heavy (non-hydrogen) atoms. The highest BCUT2D eigenvalue weighted by atomic mass is 16.5. The lowest BCUT2D eigenvalue weighted by Crippen LogP contribution is -2.19. The molecule has 0 bridgehead atoms. The summed E-state index contributed by atoms with van der Waals surface area (Å²) in [5.41, 5.74) is 1.40. The van der Waals surface area contributed by atoms with E-state index in [1.807, 2.05) is 0 Å². The first-order valence-corrected chi connectivity index (χ1v) is 8.26. The van der Waals surface area contributed by atoms with E-state index in [1.165, 1.54) is 31.5 Å². The van der Waals surface area contributed by atoms with Gasteiger partial charge < -0.3 is 9.64 Å². The number of ether oxygens (including phenoxy) is 1. The van der Waals surface area contributed by atoms with Crippen molar-refractivity contribution in [3.05, 3.63) is 29.8 Å². The molecular weight excluding hydrogens is 260 g/mol. The van der Waals surface area contributed by atoms with Crippen LogP contribution >= 0.6 is 0 Å². The second-order valence-corrected chi connectivity index (χ2v) is 6.45. The van der Waals surface area contributed by atoms with E-state index in [0.717, 1.165) is 37.8 Å². The Morgan fingerprint density at radius 1 is 1.24 bits per heavy atom. The molecule has 0 saturated carbocycles. The Balaban J connectivity index is 1.72. The average Bonchev–Trinajstić information content (AvgIpc) is 2.93. The number of rotatable bonds is 8. The third-order valence-corrected chi connectivity index (χ3v) is 4.30. The van der Waals surface area contributed by atoms with Gasteiger partial charge in [-0.15, -0.1) is 0 Å². The van der Waals surface area contributed by atoms with Gasteiger partial charge in [0.2, 0.25) is 0 Å². The topological polar surface area (TPSA) is 15.7 Å². The van der Waals surface area contributed by atoms with Crippen LogP contribution in [0.5, 0.6) is 5.75 Å². The van der Waals surface area contributed by atoms with E-state index in [0.29, 0.717) is 0 Å². The number of hydrogen-bond donors (Lipinski definition) is 0. The van der Waals surface area contributed by atoms with Gasteiger partial charge in [0, 0.05) is 19.6 Å². The third kappa shape index (κ3) is 5.68. The van der Waals surface area contributed by atoms with E-state index in [9.17, 15) is 0 Å². The fourth-order valence-electron chi connectivity index (χ4n) is 2.91. The van der Waals surface area contributed by atoms with Gasteiger partial charge >= 0.3 is 0 Å². The molecule has 1 aliphatic heterocycles. The van der Waals surface area contributed by atoms with Crippen LogP contribution in [0.4, 0.5) is 0 Å². The Kier molecular flexibility index (Phi) is 6.52. The Labute approximate surface area is 129 Å². The van der Waals surface area contributed by atoms with E-state index in [-0.39, 0.29) is 0 Å². The predicted octanol–water partition coefficient (Wildman–Crippen LogP) is 3.25. The van der Waals surface area contributed by atoms with Crippen molar-refractivity contribution in [1.29, 1.82) is 0 Å². The Morgan fingerprint density at radius 3 is 2.62 bits per heavy atom. The lowest BCUT2D eigenvalue weighted by molar-refractivity contribution is 0.281. The zero-order valence-electron chi connectivity index (χ0n) is 13.8. The average molecular weight is 290 g/mol. The Bertz CT molecular complexity index is 402. The van der Waals surface area contributed by atoms with Crippen LogP contribution in [0.3, 0.4) is 0 Å². The van der Waals surface area contributed by atoms with Gasteiger partial charge in [-0.05, 0) is 57.1 Å². The maximum absolute atomic E-state index is 5.78. The molecule has 1 aliphatic rings. The van der Waals surface area contributed by atoms with Gasteiger partial charge in [-0.3, -0.25) is 4.90 Å². The predicted molar refractivity (Wildman–Crippen MR) is 88.8 cm³/mol. The van der Waals surface area contributed by atoms with E-state index in [2.05, 4.69) is 55.1 Å². The van der Waals surface area contributed by atoms with Crippen molar-refractivity contribution in [3.63, 3.8) is 0 Å². The van der Waals surface area contributed by atoms with Crippen molar-refractivity contribution in [3.8, 4) is 5.75 Å². The third-order valence-electron chi connectivity index (χ3n) is 4.30. The van der Waals surface area contributed by atoms with Crippen molar-refractivity contribution in [1.82, 2.24) is 9.80 Å². The summed E-state index contributed by atoms with van der Waals surface area (Å²) in [6.45, 7) is 7.77. The smallest absolute Gasteiger partial charge is 0.119 e. The summed E-state index contributed by atoms with van der Waals surface area (Å²) in [6.07, 6.45) is 3.75. The molecular formula is C18H30N2O. The standard InChI is InChI=1S/C18H30N2O/c1-4-16-10-12-20(14-16)15-17-6-8-18(9-7-17)21-13-5-11-19(2)3/h6-9,16H,4-5,10-15H2,1-3H3/t16-/m1/s1.